The van der Waals surface area contributed by atoms with Crippen LogP contribution in [0.3, 0.4) is 0 Å². The maximum atomic E-state index is 13.4. The van der Waals surface area contributed by atoms with Gasteiger partial charge in [-0.15, -0.1) is 0 Å². The van der Waals surface area contributed by atoms with Crippen molar-refractivity contribution in [2.45, 2.75) is 25.7 Å². The Labute approximate surface area is 164 Å². The Morgan fingerprint density at radius 1 is 1.14 bits per heavy atom. The average molecular weight is 375 g/mol. The van der Waals surface area contributed by atoms with Crippen LogP contribution in [-0.2, 0) is 19.5 Å². The third-order valence-corrected chi connectivity index (χ3v) is 6.73. The summed E-state index contributed by atoms with van der Waals surface area (Å²) in [4.78, 5) is 28.2. The molecule has 1 saturated heterocycles. The van der Waals surface area contributed by atoms with Crippen LogP contribution in [0.25, 0.3) is 10.9 Å². The van der Waals surface area contributed by atoms with Gasteiger partial charge < -0.3 is 14.0 Å². The fourth-order valence-electron chi connectivity index (χ4n) is 5.28. The molecular formula is C23H25N3O2. The van der Waals surface area contributed by atoms with Gasteiger partial charge >= 0.3 is 0 Å². The molecule has 0 N–H and O–H groups in total. The van der Waals surface area contributed by atoms with Crippen LogP contribution in [-0.4, -0.2) is 33.0 Å². The van der Waals surface area contributed by atoms with E-state index < -0.39 is 0 Å². The van der Waals surface area contributed by atoms with Crippen LogP contribution in [0.15, 0.2) is 41.5 Å². The second-order valence-corrected chi connectivity index (χ2v) is 8.72. The highest BCUT2D eigenvalue weighted by Gasteiger charge is 2.61. The minimum absolute atomic E-state index is 0.0208. The van der Waals surface area contributed by atoms with Crippen molar-refractivity contribution in [3.8, 4) is 0 Å². The summed E-state index contributed by atoms with van der Waals surface area (Å²) < 4.78 is 3.48. The third kappa shape index (κ3) is 2.25. The highest BCUT2D eigenvalue weighted by atomic mass is 16.2. The molecule has 0 bridgehead atoms. The van der Waals surface area contributed by atoms with Crippen LogP contribution in [0.5, 0.6) is 0 Å². The van der Waals surface area contributed by atoms with Gasteiger partial charge in [0.2, 0.25) is 0 Å². The van der Waals surface area contributed by atoms with Crippen molar-refractivity contribution < 1.29 is 4.79 Å². The van der Waals surface area contributed by atoms with Gasteiger partial charge in [0.15, 0.2) is 0 Å². The predicted octanol–water partition coefficient (Wildman–Crippen LogP) is 2.91. The molecule has 5 rings (SSSR count). The minimum atomic E-state index is -0.109. The molecule has 5 nitrogen and oxygen atoms in total. The normalized spacial score (nSPS) is 23.3. The van der Waals surface area contributed by atoms with Gasteiger partial charge in [0.25, 0.3) is 11.5 Å². The number of aromatic nitrogens is 2. The van der Waals surface area contributed by atoms with Crippen molar-refractivity contribution in [2.75, 3.05) is 13.1 Å². The number of aryl methyl sites for hydroxylation is 4. The largest absolute Gasteiger partial charge is 0.349 e. The molecule has 2 atom stereocenters. The van der Waals surface area contributed by atoms with Crippen molar-refractivity contribution in [3.05, 3.63) is 69.3 Å². The first-order chi connectivity index (χ1) is 13.3. The molecule has 1 amide bonds. The SMILES string of the molecule is Cc1cccc(C23CC2CN(C(=O)c2cn(C)c4c(C)cn(C)c(=O)c24)C3)c1. The first-order valence-electron chi connectivity index (χ1n) is 9.83. The highest BCUT2D eigenvalue weighted by molar-refractivity contribution is 6.07. The second-order valence-electron chi connectivity index (χ2n) is 8.72. The maximum Gasteiger partial charge on any atom is 0.260 e. The number of pyridine rings is 1. The Balaban J connectivity index is 1.53. The Hall–Kier alpha value is -2.82. The molecule has 5 heteroatoms. The van der Waals surface area contributed by atoms with E-state index in [0.717, 1.165) is 30.6 Å². The number of likely N-dealkylation sites (tertiary alicyclic amines) is 1. The van der Waals surface area contributed by atoms with Crippen molar-refractivity contribution >= 4 is 16.8 Å². The summed E-state index contributed by atoms with van der Waals surface area (Å²) in [6.45, 7) is 5.61. The molecule has 2 aliphatic rings. The quantitative estimate of drug-likeness (QED) is 0.691. The maximum absolute atomic E-state index is 13.4. The lowest BCUT2D eigenvalue weighted by molar-refractivity contribution is 0.0774. The van der Waals surface area contributed by atoms with Gasteiger partial charge in [-0.1, -0.05) is 29.8 Å². The number of piperidine rings is 1. The number of carbonyl (C=O) groups excluding carboxylic acids is 1. The van der Waals surface area contributed by atoms with Crippen LogP contribution in [0.2, 0.25) is 0 Å². The molecule has 0 radical (unpaired) electrons. The summed E-state index contributed by atoms with van der Waals surface area (Å²) in [6.07, 6.45) is 4.80. The van der Waals surface area contributed by atoms with Gasteiger partial charge in [-0.25, -0.2) is 0 Å². The fraction of sp³-hybridized carbons (Fsp3) is 0.391. The number of hydrogen-bond acceptors (Lipinski definition) is 2. The minimum Gasteiger partial charge on any atom is -0.349 e. The van der Waals surface area contributed by atoms with Crippen molar-refractivity contribution in [1.82, 2.24) is 14.0 Å². The van der Waals surface area contributed by atoms with E-state index in [1.807, 2.05) is 35.8 Å². The second kappa shape index (κ2) is 5.60. The van der Waals surface area contributed by atoms with E-state index in [-0.39, 0.29) is 16.9 Å². The van der Waals surface area contributed by atoms with Gasteiger partial charge in [0.1, 0.15) is 0 Å². The van der Waals surface area contributed by atoms with Crippen LogP contribution < -0.4 is 5.56 Å². The molecule has 1 saturated carbocycles. The van der Waals surface area contributed by atoms with Gasteiger partial charge in [0, 0.05) is 45.0 Å². The molecule has 1 aromatic carbocycles. The number of amides is 1. The van der Waals surface area contributed by atoms with Crippen LogP contribution in [0.1, 0.15) is 33.5 Å². The molecular weight excluding hydrogens is 350 g/mol. The Morgan fingerprint density at radius 3 is 2.68 bits per heavy atom. The van der Waals surface area contributed by atoms with E-state index in [0.29, 0.717) is 16.9 Å². The molecule has 2 aromatic heterocycles. The van der Waals surface area contributed by atoms with Crippen molar-refractivity contribution in [1.29, 1.82) is 0 Å². The number of hydrogen-bond donors (Lipinski definition) is 0. The zero-order valence-corrected chi connectivity index (χ0v) is 16.8. The zero-order valence-electron chi connectivity index (χ0n) is 16.8. The van der Waals surface area contributed by atoms with Gasteiger partial charge in [-0.3, -0.25) is 9.59 Å². The standard InChI is InChI=1S/C23H25N3O2/c1-14-6-5-7-16(8-14)23-9-17(23)11-26(13-23)21(27)18-12-24(3)20-15(2)10-25(4)22(28)19(18)20/h5-8,10,12,17H,9,11,13H2,1-4H3. The summed E-state index contributed by atoms with van der Waals surface area (Å²) in [5.41, 5.74) is 4.98. The number of nitrogens with zero attached hydrogens (tertiary/aromatic N) is 3. The summed E-state index contributed by atoms with van der Waals surface area (Å²) >= 11 is 0. The summed E-state index contributed by atoms with van der Waals surface area (Å²) in [5.74, 6) is 0.505. The van der Waals surface area contributed by atoms with Gasteiger partial charge in [-0.05, 0) is 37.3 Å². The molecule has 3 heterocycles. The molecule has 0 spiro atoms. The zero-order chi connectivity index (χ0) is 19.8. The van der Waals surface area contributed by atoms with Crippen LogP contribution in [0, 0.1) is 19.8 Å². The Kier molecular flexibility index (Phi) is 3.46. The summed E-state index contributed by atoms with van der Waals surface area (Å²) in [7, 11) is 3.65. The number of benzene rings is 1. The van der Waals surface area contributed by atoms with E-state index in [1.54, 1.807) is 11.6 Å². The molecule has 3 aromatic rings. The van der Waals surface area contributed by atoms with E-state index in [4.69, 9.17) is 0 Å². The lowest BCUT2D eigenvalue weighted by Gasteiger charge is -2.21. The molecule has 28 heavy (non-hydrogen) atoms. The van der Waals surface area contributed by atoms with E-state index in [2.05, 4.69) is 31.2 Å². The Bertz CT molecular complexity index is 1200. The average Bonchev–Trinajstić information content (AvgIpc) is 3.04. The third-order valence-electron chi connectivity index (χ3n) is 6.73. The number of fused-ring (bicyclic) bond motifs is 2. The first kappa shape index (κ1) is 17.3. The first-order valence-corrected chi connectivity index (χ1v) is 9.83. The van der Waals surface area contributed by atoms with Gasteiger partial charge in [-0.2, -0.15) is 0 Å². The van der Waals surface area contributed by atoms with E-state index >= 15 is 0 Å². The van der Waals surface area contributed by atoms with Crippen molar-refractivity contribution in [3.63, 3.8) is 0 Å². The number of carbonyl (C=O) groups is 1. The lowest BCUT2D eigenvalue weighted by atomic mass is 9.93. The molecule has 144 valence electrons. The molecule has 1 aliphatic heterocycles. The van der Waals surface area contributed by atoms with E-state index in [1.165, 1.54) is 11.1 Å². The summed E-state index contributed by atoms with van der Waals surface area (Å²) in [6, 6.07) is 8.67. The Morgan fingerprint density at radius 2 is 1.93 bits per heavy atom. The van der Waals surface area contributed by atoms with Gasteiger partial charge in [0.05, 0.1) is 16.5 Å². The molecule has 1 aliphatic carbocycles. The van der Waals surface area contributed by atoms with Crippen LogP contribution >= 0.6 is 0 Å². The van der Waals surface area contributed by atoms with E-state index in [9.17, 15) is 9.59 Å². The fourth-order valence-corrected chi connectivity index (χ4v) is 5.28. The highest BCUT2D eigenvalue weighted by Crippen LogP contribution is 2.59. The monoisotopic (exact) mass is 375 g/mol. The van der Waals surface area contributed by atoms with Crippen LogP contribution in [0.4, 0.5) is 0 Å². The number of rotatable bonds is 2. The topological polar surface area (TPSA) is 47.2 Å². The predicted molar refractivity (Wildman–Crippen MR) is 110 cm³/mol. The smallest absolute Gasteiger partial charge is 0.260 e. The van der Waals surface area contributed by atoms with Crippen molar-refractivity contribution in [2.24, 2.45) is 20.0 Å². The lowest BCUT2D eigenvalue weighted by Crippen LogP contribution is -2.33. The molecule has 2 unspecified atom stereocenters. The molecule has 2 fully saturated rings. The summed E-state index contributed by atoms with van der Waals surface area (Å²) in [5, 5.41) is 0.542.